The number of aromatic nitrogens is 1. The smallest absolute Gasteiger partial charge is 0.312 e. The maximum Gasteiger partial charge on any atom is 0.312 e. The van der Waals surface area contributed by atoms with Crippen LogP contribution in [0.3, 0.4) is 0 Å². The van der Waals surface area contributed by atoms with E-state index in [1.807, 2.05) is 12.1 Å². The van der Waals surface area contributed by atoms with Crippen molar-refractivity contribution in [2.75, 3.05) is 7.05 Å². The number of rotatable bonds is 3. The van der Waals surface area contributed by atoms with Crippen molar-refractivity contribution in [3.8, 4) is 0 Å². The van der Waals surface area contributed by atoms with E-state index in [1.54, 1.807) is 25.9 Å². The second-order valence-electron chi connectivity index (χ2n) is 2.31. The molecule has 0 atom stereocenters. The van der Waals surface area contributed by atoms with Crippen LogP contribution in [-0.2, 0) is 11.3 Å². The lowest BCUT2D eigenvalue weighted by molar-refractivity contribution is 0.430. The molecular weight excluding hydrogens is 140 g/mol. The molecule has 0 aliphatic rings. The molecule has 0 aliphatic carbocycles. The highest BCUT2D eigenvalue weighted by Gasteiger charge is 1.95. The van der Waals surface area contributed by atoms with Gasteiger partial charge in [0.1, 0.15) is 0 Å². The van der Waals surface area contributed by atoms with Gasteiger partial charge in [-0.3, -0.25) is 9.78 Å². The second-order valence-corrected chi connectivity index (χ2v) is 2.31. The zero-order valence-electron chi connectivity index (χ0n) is 6.32. The van der Waals surface area contributed by atoms with Crippen LogP contribution in [0.2, 0.25) is 0 Å². The van der Waals surface area contributed by atoms with Gasteiger partial charge in [0.2, 0.25) is 0 Å². The summed E-state index contributed by atoms with van der Waals surface area (Å²) in [6.45, 7) is 0.567. The number of pyridine rings is 1. The molecule has 0 unspecified atom stereocenters. The van der Waals surface area contributed by atoms with E-state index >= 15 is 0 Å². The second kappa shape index (κ2) is 3.71. The molecule has 0 spiro atoms. The van der Waals surface area contributed by atoms with Crippen molar-refractivity contribution < 1.29 is 4.79 Å². The number of hydrogen-bond acceptors (Lipinski definition) is 2. The lowest BCUT2D eigenvalue weighted by atomic mass is 10.3. The summed E-state index contributed by atoms with van der Waals surface area (Å²) in [6.07, 6.45) is 5.20. The standard InChI is InChI=1S/C8H9N2O/c1-10(7-11)6-8-3-2-4-9-5-8/h2-5H,6H2,1H3. The highest BCUT2D eigenvalue weighted by atomic mass is 16.1. The van der Waals surface area contributed by atoms with Gasteiger partial charge in [-0.2, -0.15) is 0 Å². The van der Waals surface area contributed by atoms with E-state index in [2.05, 4.69) is 4.98 Å². The first-order chi connectivity index (χ1) is 5.33. The van der Waals surface area contributed by atoms with E-state index in [-0.39, 0.29) is 0 Å². The summed E-state index contributed by atoms with van der Waals surface area (Å²) in [7, 11) is 1.68. The minimum absolute atomic E-state index is 0.567. The van der Waals surface area contributed by atoms with Crippen LogP contribution in [0.4, 0.5) is 0 Å². The Kier molecular flexibility index (Phi) is 2.60. The first-order valence-electron chi connectivity index (χ1n) is 3.31. The molecule has 1 aromatic heterocycles. The molecule has 1 aromatic rings. The first kappa shape index (κ1) is 7.72. The van der Waals surface area contributed by atoms with Gasteiger partial charge in [-0.05, 0) is 11.6 Å². The summed E-state index contributed by atoms with van der Waals surface area (Å²) >= 11 is 0. The predicted octanol–water partition coefficient (Wildman–Crippen LogP) is 0.581. The SMILES string of the molecule is CN([C]=O)Cc1cccnc1. The Morgan fingerprint density at radius 1 is 1.73 bits per heavy atom. The lowest BCUT2D eigenvalue weighted by Gasteiger charge is -2.07. The fraction of sp³-hybridized carbons (Fsp3) is 0.250. The molecule has 0 saturated heterocycles. The van der Waals surface area contributed by atoms with E-state index < -0.39 is 0 Å². The summed E-state index contributed by atoms with van der Waals surface area (Å²) in [5.41, 5.74) is 1.01. The average molecular weight is 149 g/mol. The van der Waals surface area contributed by atoms with E-state index in [4.69, 9.17) is 0 Å². The van der Waals surface area contributed by atoms with Crippen molar-refractivity contribution >= 4 is 6.41 Å². The van der Waals surface area contributed by atoms with Crippen LogP contribution in [-0.4, -0.2) is 23.3 Å². The van der Waals surface area contributed by atoms with Gasteiger partial charge in [0.15, 0.2) is 0 Å². The molecule has 3 nitrogen and oxygen atoms in total. The van der Waals surface area contributed by atoms with Gasteiger partial charge in [-0.15, -0.1) is 0 Å². The molecule has 0 fully saturated rings. The topological polar surface area (TPSA) is 33.2 Å². The summed E-state index contributed by atoms with van der Waals surface area (Å²) in [5.74, 6) is 0. The zero-order chi connectivity index (χ0) is 8.10. The van der Waals surface area contributed by atoms with E-state index in [1.165, 1.54) is 4.90 Å². The minimum Gasteiger partial charge on any atom is -0.333 e. The Bertz CT molecular complexity index is 223. The summed E-state index contributed by atoms with van der Waals surface area (Å²) in [6, 6.07) is 3.76. The Morgan fingerprint density at radius 3 is 3.09 bits per heavy atom. The normalized spacial score (nSPS) is 9.18. The van der Waals surface area contributed by atoms with Gasteiger partial charge in [-0.1, -0.05) is 6.07 Å². The molecule has 1 radical (unpaired) electrons. The minimum atomic E-state index is 0.567. The van der Waals surface area contributed by atoms with Crippen LogP contribution < -0.4 is 0 Å². The van der Waals surface area contributed by atoms with E-state index in [0.29, 0.717) is 6.54 Å². The Morgan fingerprint density at radius 2 is 2.55 bits per heavy atom. The highest BCUT2D eigenvalue weighted by molar-refractivity contribution is 5.47. The molecule has 57 valence electrons. The number of amides is 1. The molecule has 0 N–H and O–H groups in total. The maximum atomic E-state index is 10.1. The summed E-state index contributed by atoms with van der Waals surface area (Å²) in [4.78, 5) is 15.4. The number of hydrogen-bond donors (Lipinski definition) is 0. The van der Waals surface area contributed by atoms with Crippen LogP contribution in [0, 0.1) is 0 Å². The van der Waals surface area contributed by atoms with E-state index in [9.17, 15) is 4.79 Å². The van der Waals surface area contributed by atoms with E-state index in [0.717, 1.165) is 5.56 Å². The van der Waals surface area contributed by atoms with Gasteiger partial charge in [-0.25, -0.2) is 0 Å². The van der Waals surface area contributed by atoms with Crippen molar-refractivity contribution in [3.05, 3.63) is 30.1 Å². The van der Waals surface area contributed by atoms with Crippen LogP contribution in [0.15, 0.2) is 24.5 Å². The Hall–Kier alpha value is -1.38. The van der Waals surface area contributed by atoms with Crippen molar-refractivity contribution in [1.82, 2.24) is 9.88 Å². The third-order valence-electron chi connectivity index (χ3n) is 1.30. The predicted molar refractivity (Wildman–Crippen MR) is 41.4 cm³/mol. The summed E-state index contributed by atoms with van der Waals surface area (Å²) < 4.78 is 0. The fourth-order valence-corrected chi connectivity index (χ4v) is 0.798. The quantitative estimate of drug-likeness (QED) is 0.589. The third-order valence-corrected chi connectivity index (χ3v) is 1.30. The molecule has 0 aromatic carbocycles. The molecule has 1 amide bonds. The summed E-state index contributed by atoms with van der Waals surface area (Å²) in [5, 5.41) is 0. The lowest BCUT2D eigenvalue weighted by Crippen LogP contribution is -2.14. The average Bonchev–Trinajstić information content (AvgIpc) is 2.06. The van der Waals surface area contributed by atoms with Crippen LogP contribution in [0.1, 0.15) is 5.56 Å². The Labute approximate surface area is 65.7 Å². The molecule has 3 heteroatoms. The van der Waals surface area contributed by atoms with Crippen molar-refractivity contribution in [2.24, 2.45) is 0 Å². The van der Waals surface area contributed by atoms with Crippen molar-refractivity contribution in [2.45, 2.75) is 6.54 Å². The van der Waals surface area contributed by atoms with Gasteiger partial charge >= 0.3 is 6.41 Å². The largest absolute Gasteiger partial charge is 0.333 e. The molecule has 1 heterocycles. The molecule has 1 rings (SSSR count). The van der Waals surface area contributed by atoms with Gasteiger partial charge in [0.25, 0.3) is 0 Å². The van der Waals surface area contributed by atoms with Crippen molar-refractivity contribution in [3.63, 3.8) is 0 Å². The molecule has 0 aliphatic heterocycles. The molecule has 0 saturated carbocycles. The number of carbonyl (C=O) groups excluding carboxylic acids is 1. The maximum absolute atomic E-state index is 10.1. The monoisotopic (exact) mass is 149 g/mol. The fourth-order valence-electron chi connectivity index (χ4n) is 0.798. The first-order valence-corrected chi connectivity index (χ1v) is 3.31. The molecular formula is C8H9N2O. The molecule has 0 bridgehead atoms. The van der Waals surface area contributed by atoms with Gasteiger partial charge < -0.3 is 4.90 Å². The van der Waals surface area contributed by atoms with Gasteiger partial charge in [0, 0.05) is 26.0 Å². The van der Waals surface area contributed by atoms with Crippen LogP contribution in [0.5, 0.6) is 0 Å². The highest BCUT2D eigenvalue weighted by Crippen LogP contribution is 1.97. The van der Waals surface area contributed by atoms with Gasteiger partial charge in [0.05, 0.1) is 0 Å². The van der Waals surface area contributed by atoms with Crippen LogP contribution in [0.25, 0.3) is 0 Å². The van der Waals surface area contributed by atoms with Crippen LogP contribution >= 0.6 is 0 Å². The zero-order valence-corrected chi connectivity index (χ0v) is 6.32. The van der Waals surface area contributed by atoms with Crippen molar-refractivity contribution in [1.29, 1.82) is 0 Å². The molecule has 11 heavy (non-hydrogen) atoms. The number of nitrogens with zero attached hydrogens (tertiary/aromatic N) is 2. The Balaban J connectivity index is 2.57. The third kappa shape index (κ3) is 2.37.